The number of allylic oxidation sites excluding steroid dienone is 3. The van der Waals surface area contributed by atoms with E-state index in [1.54, 1.807) is 6.07 Å². The molecule has 3 aliphatic heterocycles. The van der Waals surface area contributed by atoms with Gasteiger partial charge in [-0.25, -0.2) is 0 Å². The van der Waals surface area contributed by atoms with Gasteiger partial charge in [0, 0.05) is 0 Å². The molecular formula is C30H29BrI2N3O-. The van der Waals surface area contributed by atoms with Crippen molar-refractivity contribution in [1.82, 2.24) is 8.01 Å². The van der Waals surface area contributed by atoms with Crippen molar-refractivity contribution in [2.75, 3.05) is 13.1 Å². The SMILES string of the molecule is Oc1ccccc1C1=NC2=C(Br)C=I[I-]N2C(CCC2CCCN(Cc3cccc4ccccc34)C2)=C1. The topological polar surface area (TPSA) is 39.1 Å². The first-order chi connectivity index (χ1) is 18.2. The van der Waals surface area contributed by atoms with Crippen LogP contribution in [0.4, 0.5) is 0 Å². The zero-order chi connectivity index (χ0) is 25.2. The summed E-state index contributed by atoms with van der Waals surface area (Å²) in [5, 5.41) is 13.2. The summed E-state index contributed by atoms with van der Waals surface area (Å²) in [6.45, 7) is 3.38. The first-order valence-electron chi connectivity index (χ1n) is 12.7. The van der Waals surface area contributed by atoms with E-state index in [0.717, 1.165) is 34.5 Å². The molecule has 192 valence electrons. The first-order valence-corrected chi connectivity index (χ1v) is 22.0. The maximum absolute atomic E-state index is 10.5. The van der Waals surface area contributed by atoms with Crippen molar-refractivity contribution in [2.45, 2.75) is 32.2 Å². The Kier molecular flexibility index (Phi) is 8.11. The molecule has 0 spiro atoms. The van der Waals surface area contributed by atoms with Crippen LogP contribution in [0.1, 0.15) is 36.8 Å². The fraction of sp³-hybridized carbons (Fsp3) is 0.267. The number of piperidine rings is 1. The predicted octanol–water partition coefficient (Wildman–Crippen LogP) is 4.50. The molecule has 1 atom stereocenters. The van der Waals surface area contributed by atoms with E-state index in [2.05, 4.69) is 76.5 Å². The van der Waals surface area contributed by atoms with Crippen LogP contribution in [0.5, 0.6) is 5.75 Å². The summed E-state index contributed by atoms with van der Waals surface area (Å²) in [6.07, 6.45) is 7.07. The average Bonchev–Trinajstić information content (AvgIpc) is 2.93. The van der Waals surface area contributed by atoms with Crippen molar-refractivity contribution in [1.29, 1.82) is 0 Å². The van der Waals surface area contributed by atoms with E-state index in [4.69, 9.17) is 4.99 Å². The molecule has 0 aliphatic carbocycles. The Morgan fingerprint density at radius 3 is 2.81 bits per heavy atom. The van der Waals surface area contributed by atoms with Gasteiger partial charge in [-0.15, -0.1) is 0 Å². The second kappa shape index (κ2) is 11.7. The molecule has 3 aromatic rings. The van der Waals surface area contributed by atoms with Gasteiger partial charge in [-0.3, -0.25) is 0 Å². The Morgan fingerprint density at radius 2 is 1.89 bits per heavy atom. The van der Waals surface area contributed by atoms with Crippen LogP contribution < -0.4 is 17.5 Å². The molecule has 1 fully saturated rings. The number of hydrogen-bond acceptors (Lipinski definition) is 4. The van der Waals surface area contributed by atoms with Crippen molar-refractivity contribution in [2.24, 2.45) is 10.9 Å². The molecule has 0 amide bonds. The number of aliphatic imine (C=N–C) groups is 1. The Bertz CT molecular complexity index is 1440. The molecular weight excluding hydrogens is 752 g/mol. The number of likely N-dealkylation sites (tertiary alicyclic amines) is 1. The summed E-state index contributed by atoms with van der Waals surface area (Å²) < 4.78 is 6.00. The summed E-state index contributed by atoms with van der Waals surface area (Å²) in [6, 6.07) is 23.0. The molecule has 3 heterocycles. The number of para-hydroxylation sites is 1. The molecule has 37 heavy (non-hydrogen) atoms. The number of phenolic OH excluding ortho intramolecular Hbond substituents is 1. The van der Waals surface area contributed by atoms with E-state index in [9.17, 15) is 5.11 Å². The fourth-order valence-electron chi connectivity index (χ4n) is 5.45. The molecule has 0 bridgehead atoms. The Balaban J connectivity index is 1.18. The summed E-state index contributed by atoms with van der Waals surface area (Å²) in [4.78, 5) is 7.65. The van der Waals surface area contributed by atoms with Crippen LogP contribution in [0.25, 0.3) is 10.8 Å². The minimum atomic E-state index is -0.0513. The summed E-state index contributed by atoms with van der Waals surface area (Å²) in [7, 11) is 0. The Labute approximate surface area is 243 Å². The number of fused-ring (bicyclic) bond motifs is 2. The number of rotatable bonds is 6. The zero-order valence-corrected chi connectivity index (χ0v) is 26.4. The van der Waals surface area contributed by atoms with Crippen LogP contribution in [-0.4, -0.2) is 35.9 Å². The number of phenols is 1. The van der Waals surface area contributed by atoms with Crippen LogP contribution in [-0.2, 0) is 6.54 Å². The normalized spacial score (nSPS) is 20.6. The van der Waals surface area contributed by atoms with E-state index in [0.29, 0.717) is 11.7 Å². The maximum atomic E-state index is 10.5. The first kappa shape index (κ1) is 25.7. The van der Waals surface area contributed by atoms with Gasteiger partial charge in [0.2, 0.25) is 0 Å². The van der Waals surface area contributed by atoms with Gasteiger partial charge in [0.15, 0.2) is 0 Å². The Morgan fingerprint density at radius 1 is 1.05 bits per heavy atom. The molecule has 1 saturated heterocycles. The third-order valence-electron chi connectivity index (χ3n) is 7.28. The number of hydrogen-bond donors (Lipinski definition) is 1. The molecule has 3 aromatic carbocycles. The van der Waals surface area contributed by atoms with E-state index >= 15 is 0 Å². The fourth-order valence-corrected chi connectivity index (χ4v) is 17.2. The van der Waals surface area contributed by atoms with E-state index in [1.807, 2.05) is 18.2 Å². The standard InChI is InChI=1S/C30H29BrI2N3O/c31-27-18-32-33-36-24(17-28(34-30(27)36)26-12-3-4-13-29(26)37)15-14-21-7-6-16-35(19-21)20-23-10-5-9-22-8-1-2-11-25(22)23/h1-5,8-13,17-18,21,37H,6-7,14-16,19-20H2/q-1. The summed E-state index contributed by atoms with van der Waals surface area (Å²) >= 11 is 3.82. The monoisotopic (exact) mass is 780 g/mol. The number of aromatic hydroxyl groups is 1. The minimum absolute atomic E-state index is 0.0513. The molecule has 0 radical (unpaired) electrons. The van der Waals surface area contributed by atoms with Crippen molar-refractivity contribution >= 4 is 53.2 Å². The van der Waals surface area contributed by atoms with Crippen LogP contribution >= 0.6 is 32.7 Å². The predicted molar refractivity (Wildman–Crippen MR) is 162 cm³/mol. The van der Waals surface area contributed by atoms with E-state index in [-0.39, 0.29) is 34.3 Å². The molecule has 0 saturated carbocycles. The van der Waals surface area contributed by atoms with Crippen molar-refractivity contribution in [3.63, 3.8) is 0 Å². The average molecular weight is 781 g/mol. The molecule has 1 unspecified atom stereocenters. The second-order valence-electron chi connectivity index (χ2n) is 9.78. The Hall–Kier alpha value is -1.56. The van der Waals surface area contributed by atoms with Crippen LogP contribution in [0.2, 0.25) is 0 Å². The third-order valence-corrected chi connectivity index (χ3v) is 16.7. The van der Waals surface area contributed by atoms with Crippen LogP contribution in [0, 0.1) is 5.92 Å². The van der Waals surface area contributed by atoms with Gasteiger partial charge >= 0.3 is 240 Å². The summed E-state index contributed by atoms with van der Waals surface area (Å²) in [5.74, 6) is 2.04. The quantitative estimate of drug-likeness (QED) is 0.296. The van der Waals surface area contributed by atoms with E-state index in [1.165, 1.54) is 54.4 Å². The van der Waals surface area contributed by atoms with Crippen molar-refractivity contribution in [3.8, 4) is 5.75 Å². The van der Waals surface area contributed by atoms with Crippen LogP contribution in [0.15, 0.2) is 93.8 Å². The van der Waals surface area contributed by atoms with Crippen molar-refractivity contribution in [3.05, 3.63) is 99.9 Å². The number of benzene rings is 3. The van der Waals surface area contributed by atoms with Gasteiger partial charge in [-0.1, -0.05) is 6.07 Å². The second-order valence-corrected chi connectivity index (χ2v) is 18.7. The summed E-state index contributed by atoms with van der Waals surface area (Å²) in [5.41, 5.74) is 4.50. The molecule has 6 rings (SSSR count). The molecule has 3 aliphatic rings. The molecule has 1 N–H and O–H groups in total. The van der Waals surface area contributed by atoms with Gasteiger partial charge in [0.1, 0.15) is 0 Å². The van der Waals surface area contributed by atoms with Crippen LogP contribution in [0.3, 0.4) is 0 Å². The van der Waals surface area contributed by atoms with Crippen molar-refractivity contribution < 1.29 is 22.6 Å². The number of nitrogens with zero attached hydrogens (tertiary/aromatic N) is 3. The van der Waals surface area contributed by atoms with Gasteiger partial charge in [0.05, 0.1) is 0 Å². The van der Waals surface area contributed by atoms with E-state index < -0.39 is 0 Å². The molecule has 4 nitrogen and oxygen atoms in total. The van der Waals surface area contributed by atoms with Gasteiger partial charge in [0.25, 0.3) is 0 Å². The zero-order valence-electron chi connectivity index (χ0n) is 20.5. The molecule has 7 heteroatoms. The number of halogens is 3. The third kappa shape index (κ3) is 5.74. The molecule has 0 aromatic heterocycles. The van der Waals surface area contributed by atoms with Gasteiger partial charge in [-0.2, -0.15) is 0 Å². The van der Waals surface area contributed by atoms with Gasteiger partial charge < -0.3 is 0 Å². The van der Waals surface area contributed by atoms with Gasteiger partial charge in [-0.05, 0) is 0 Å².